The predicted octanol–water partition coefficient (Wildman–Crippen LogP) is 5.59. The molecule has 0 radical (unpaired) electrons. The highest BCUT2D eigenvalue weighted by atomic mass is 19.4. The lowest BCUT2D eigenvalue weighted by molar-refractivity contribution is -0.0883. The van der Waals surface area contributed by atoms with Gasteiger partial charge in [0.15, 0.2) is 0 Å². The Kier molecular flexibility index (Phi) is 7.09. The first-order chi connectivity index (χ1) is 17.7. The van der Waals surface area contributed by atoms with Crippen molar-refractivity contribution < 1.29 is 13.2 Å². The van der Waals surface area contributed by atoms with Crippen LogP contribution >= 0.6 is 0 Å². The van der Waals surface area contributed by atoms with Crippen LogP contribution in [0, 0.1) is 18.8 Å². The molecule has 0 unspecified atom stereocenters. The van der Waals surface area contributed by atoms with Crippen LogP contribution in [-0.4, -0.2) is 50.0 Å². The van der Waals surface area contributed by atoms with Crippen molar-refractivity contribution in [3.63, 3.8) is 0 Å². The number of fused-ring (bicyclic) bond motifs is 3. The SMILES string of the molecule is C=C(/C=C\C(=C/C)C(F)(F)F)[C@H]1CCCCn2nc(N[C@@H]3[C@@H]4CC[C@H]3CN(c3cc(C)ncn3)C4)nc21. The molecule has 2 fully saturated rings. The largest absolute Gasteiger partial charge is 0.416 e. The molecule has 0 amide bonds. The minimum atomic E-state index is -4.38. The second-order valence-corrected chi connectivity index (χ2v) is 10.4. The summed E-state index contributed by atoms with van der Waals surface area (Å²) in [6.45, 7) is 10.1. The topological polar surface area (TPSA) is 71.8 Å². The molecule has 4 atom stereocenters. The molecule has 0 aromatic carbocycles. The Morgan fingerprint density at radius 1 is 1.11 bits per heavy atom. The van der Waals surface area contributed by atoms with E-state index in [-0.39, 0.29) is 12.0 Å². The van der Waals surface area contributed by atoms with Gasteiger partial charge in [-0.25, -0.2) is 14.6 Å². The van der Waals surface area contributed by atoms with E-state index in [1.165, 1.54) is 13.0 Å². The van der Waals surface area contributed by atoms with E-state index in [1.807, 2.05) is 17.7 Å². The zero-order chi connectivity index (χ0) is 26.2. The molecule has 1 aliphatic carbocycles. The number of hydrogen-bond acceptors (Lipinski definition) is 6. The van der Waals surface area contributed by atoms with E-state index in [0.29, 0.717) is 23.4 Å². The van der Waals surface area contributed by atoms with Crippen LogP contribution in [0.15, 0.2) is 48.3 Å². The molecule has 0 spiro atoms. The fourth-order valence-electron chi connectivity index (χ4n) is 6.00. The van der Waals surface area contributed by atoms with Crippen LogP contribution in [0.2, 0.25) is 0 Å². The van der Waals surface area contributed by atoms with E-state index in [0.717, 1.165) is 81.2 Å². The van der Waals surface area contributed by atoms with Gasteiger partial charge in [0.05, 0.1) is 5.57 Å². The molecular formula is C27H34F3N7. The number of alkyl halides is 3. The molecule has 1 N–H and O–H groups in total. The molecule has 4 heterocycles. The van der Waals surface area contributed by atoms with Crippen LogP contribution in [0.3, 0.4) is 0 Å². The van der Waals surface area contributed by atoms with Gasteiger partial charge in [0.25, 0.3) is 0 Å². The van der Waals surface area contributed by atoms with Crippen LogP contribution in [0.1, 0.15) is 56.5 Å². The van der Waals surface area contributed by atoms with Gasteiger partial charge in [-0.2, -0.15) is 18.2 Å². The van der Waals surface area contributed by atoms with E-state index in [2.05, 4.69) is 26.8 Å². The number of halogens is 3. The number of aryl methyl sites for hydroxylation is 2. The molecule has 3 aliphatic rings. The Hall–Kier alpha value is -3.17. The molecule has 7 nitrogen and oxygen atoms in total. The Morgan fingerprint density at radius 3 is 2.54 bits per heavy atom. The fraction of sp³-hybridized carbons (Fsp3) is 0.556. The zero-order valence-corrected chi connectivity index (χ0v) is 21.4. The molecule has 198 valence electrons. The highest BCUT2D eigenvalue weighted by Gasteiger charge is 2.43. The lowest BCUT2D eigenvalue weighted by Gasteiger charge is -2.38. The lowest BCUT2D eigenvalue weighted by Crippen LogP contribution is -2.48. The number of piperidine rings is 1. The van der Waals surface area contributed by atoms with Crippen molar-refractivity contribution in [1.82, 2.24) is 24.7 Å². The van der Waals surface area contributed by atoms with Crippen molar-refractivity contribution in [2.75, 3.05) is 23.3 Å². The summed E-state index contributed by atoms with van der Waals surface area (Å²) < 4.78 is 41.4. The summed E-state index contributed by atoms with van der Waals surface area (Å²) in [6.07, 6.45) is 5.90. The van der Waals surface area contributed by atoms with Gasteiger partial charge >= 0.3 is 6.18 Å². The van der Waals surface area contributed by atoms with Crippen LogP contribution in [0.4, 0.5) is 24.9 Å². The first kappa shape index (κ1) is 25.5. The molecule has 1 saturated carbocycles. The quantitative estimate of drug-likeness (QED) is 0.508. The average Bonchev–Trinajstić information content (AvgIpc) is 3.25. The highest BCUT2D eigenvalue weighted by Crippen LogP contribution is 2.40. The van der Waals surface area contributed by atoms with Gasteiger partial charge in [0.2, 0.25) is 5.95 Å². The van der Waals surface area contributed by atoms with Gasteiger partial charge in [-0.3, -0.25) is 0 Å². The summed E-state index contributed by atoms with van der Waals surface area (Å²) >= 11 is 0. The summed E-state index contributed by atoms with van der Waals surface area (Å²) in [4.78, 5) is 15.9. The number of hydrogen-bond donors (Lipinski definition) is 1. The van der Waals surface area contributed by atoms with Crippen molar-refractivity contribution in [3.8, 4) is 0 Å². The maximum atomic E-state index is 13.2. The third-order valence-electron chi connectivity index (χ3n) is 7.93. The molecule has 37 heavy (non-hydrogen) atoms. The van der Waals surface area contributed by atoms with Crippen LogP contribution in [-0.2, 0) is 6.54 Å². The van der Waals surface area contributed by atoms with Crippen molar-refractivity contribution in [2.24, 2.45) is 11.8 Å². The van der Waals surface area contributed by atoms with E-state index < -0.39 is 11.7 Å². The van der Waals surface area contributed by atoms with Crippen LogP contribution < -0.4 is 10.2 Å². The Bertz CT molecular complexity index is 1180. The van der Waals surface area contributed by atoms with Crippen molar-refractivity contribution >= 4 is 11.8 Å². The number of allylic oxidation sites excluding steroid dienone is 5. The summed E-state index contributed by atoms with van der Waals surface area (Å²) in [5.74, 6) is 3.14. The second kappa shape index (κ2) is 10.3. The van der Waals surface area contributed by atoms with Crippen molar-refractivity contribution in [1.29, 1.82) is 0 Å². The van der Waals surface area contributed by atoms with Gasteiger partial charge in [-0.1, -0.05) is 31.2 Å². The maximum Gasteiger partial charge on any atom is 0.416 e. The van der Waals surface area contributed by atoms with Gasteiger partial charge in [-0.15, -0.1) is 5.10 Å². The first-order valence-electron chi connectivity index (χ1n) is 13.1. The lowest BCUT2D eigenvalue weighted by atomic mass is 9.92. The van der Waals surface area contributed by atoms with E-state index in [4.69, 9.17) is 10.1 Å². The number of anilines is 2. The molecule has 5 rings (SSSR count). The standard InChI is InChI=1S/C27H34F3N7/c1-4-21(27(28,29)30)11-8-17(2)22-7-5-6-12-37-25(22)34-26(35-37)33-24-19-9-10-20(24)15-36(14-19)23-13-18(3)31-16-32-23/h4,8,11,13,16,19-20,22,24H,2,5-7,9-10,12,14-15H2,1,3H3,(H,33,35)/b11-8-,21-4+/t19-,20+,22-,24-/m1/s1. The molecule has 2 bridgehead atoms. The number of nitrogens with one attached hydrogen (secondary N) is 1. The Balaban J connectivity index is 1.30. The molecular weight excluding hydrogens is 479 g/mol. The minimum absolute atomic E-state index is 0.160. The van der Waals surface area contributed by atoms with Crippen molar-refractivity contribution in [2.45, 2.75) is 70.6 Å². The average molecular weight is 514 g/mol. The smallest absolute Gasteiger partial charge is 0.356 e. The normalized spacial score (nSPS) is 26.3. The van der Waals surface area contributed by atoms with Crippen molar-refractivity contribution in [3.05, 3.63) is 59.9 Å². The zero-order valence-electron chi connectivity index (χ0n) is 21.4. The number of rotatable bonds is 6. The molecule has 2 aliphatic heterocycles. The summed E-state index contributed by atoms with van der Waals surface area (Å²) in [5.41, 5.74) is 0.914. The number of aromatic nitrogens is 5. The number of nitrogens with zero attached hydrogens (tertiary/aromatic N) is 6. The highest BCUT2D eigenvalue weighted by molar-refractivity contribution is 5.42. The second-order valence-electron chi connectivity index (χ2n) is 10.4. The molecule has 10 heteroatoms. The van der Waals surface area contributed by atoms with Gasteiger partial charge in [0.1, 0.15) is 18.0 Å². The van der Waals surface area contributed by atoms with E-state index >= 15 is 0 Å². The predicted molar refractivity (Wildman–Crippen MR) is 137 cm³/mol. The molecule has 1 saturated heterocycles. The van der Waals surface area contributed by atoms with Crippen LogP contribution in [0.5, 0.6) is 0 Å². The van der Waals surface area contributed by atoms with Gasteiger partial charge in [0, 0.05) is 43.4 Å². The first-order valence-corrected chi connectivity index (χ1v) is 13.1. The Morgan fingerprint density at radius 2 is 1.86 bits per heavy atom. The maximum absolute atomic E-state index is 13.2. The third kappa shape index (κ3) is 5.43. The summed E-state index contributed by atoms with van der Waals surface area (Å²) in [5, 5.41) is 8.41. The summed E-state index contributed by atoms with van der Waals surface area (Å²) in [6, 6.07) is 2.33. The van der Waals surface area contributed by atoms with E-state index in [9.17, 15) is 13.2 Å². The third-order valence-corrected chi connectivity index (χ3v) is 7.93. The molecule has 2 aromatic rings. The monoisotopic (exact) mass is 513 g/mol. The van der Waals surface area contributed by atoms with Gasteiger partial charge < -0.3 is 10.2 Å². The van der Waals surface area contributed by atoms with Crippen LogP contribution in [0.25, 0.3) is 0 Å². The fourth-order valence-corrected chi connectivity index (χ4v) is 6.00. The van der Waals surface area contributed by atoms with E-state index in [1.54, 1.807) is 6.33 Å². The Labute approximate surface area is 215 Å². The van der Waals surface area contributed by atoms with Gasteiger partial charge in [-0.05, 0) is 56.9 Å². The minimum Gasteiger partial charge on any atom is -0.356 e. The molecule has 2 aromatic heterocycles. The summed E-state index contributed by atoms with van der Waals surface area (Å²) in [7, 11) is 0.